The first-order chi connectivity index (χ1) is 12.6. The summed E-state index contributed by atoms with van der Waals surface area (Å²) in [6, 6.07) is 17.1. The highest BCUT2D eigenvalue weighted by molar-refractivity contribution is 7.08. The lowest BCUT2D eigenvalue weighted by Crippen LogP contribution is -2.01. The zero-order valence-electron chi connectivity index (χ0n) is 13.7. The Morgan fingerprint density at radius 1 is 0.962 bits per heavy atom. The summed E-state index contributed by atoms with van der Waals surface area (Å²) in [6.07, 6.45) is 5.40. The van der Waals surface area contributed by atoms with Gasteiger partial charge in [-0.15, -0.1) is 0 Å². The molecule has 0 radical (unpaired) electrons. The van der Waals surface area contributed by atoms with Gasteiger partial charge in [0.15, 0.2) is 5.78 Å². The molecule has 0 aliphatic carbocycles. The molecule has 0 bridgehead atoms. The van der Waals surface area contributed by atoms with Crippen LogP contribution in [0.5, 0.6) is 0 Å². The van der Waals surface area contributed by atoms with Crippen molar-refractivity contribution in [1.29, 1.82) is 0 Å². The maximum Gasteiger partial charge on any atom is 0.269 e. The summed E-state index contributed by atoms with van der Waals surface area (Å²) in [4.78, 5) is 23.2. The molecule has 4 nitrogen and oxygen atoms in total. The van der Waals surface area contributed by atoms with E-state index in [1.54, 1.807) is 47.8 Å². The second kappa shape index (κ2) is 8.18. The number of ketones is 1. The molecule has 0 amide bonds. The molecule has 0 aliphatic heterocycles. The minimum absolute atomic E-state index is 0.0203. The fourth-order valence-corrected chi connectivity index (χ4v) is 3.00. The molecule has 0 atom stereocenters. The van der Waals surface area contributed by atoms with Gasteiger partial charge in [0.05, 0.1) is 4.92 Å². The van der Waals surface area contributed by atoms with Crippen LogP contribution in [0.4, 0.5) is 5.69 Å². The van der Waals surface area contributed by atoms with E-state index in [0.717, 1.165) is 11.1 Å². The van der Waals surface area contributed by atoms with E-state index in [2.05, 4.69) is 0 Å². The van der Waals surface area contributed by atoms with E-state index < -0.39 is 4.92 Å². The van der Waals surface area contributed by atoms with Crippen LogP contribution in [0.3, 0.4) is 0 Å². The minimum Gasteiger partial charge on any atom is -0.289 e. The highest BCUT2D eigenvalue weighted by Gasteiger charge is 2.10. The van der Waals surface area contributed by atoms with Crippen LogP contribution < -0.4 is 0 Å². The second-order valence-electron chi connectivity index (χ2n) is 5.53. The number of allylic oxidation sites excluding steroid dienone is 2. The summed E-state index contributed by atoms with van der Waals surface area (Å²) in [5.41, 5.74) is 2.87. The summed E-state index contributed by atoms with van der Waals surface area (Å²) in [6.45, 7) is 0. The first-order valence-electron chi connectivity index (χ1n) is 7.90. The van der Waals surface area contributed by atoms with Gasteiger partial charge in [-0.3, -0.25) is 14.9 Å². The highest BCUT2D eigenvalue weighted by Crippen LogP contribution is 2.19. The van der Waals surface area contributed by atoms with Crippen LogP contribution >= 0.6 is 11.3 Å². The predicted octanol–water partition coefficient (Wildman–Crippen LogP) is 5.64. The van der Waals surface area contributed by atoms with E-state index in [9.17, 15) is 14.9 Å². The largest absolute Gasteiger partial charge is 0.289 e. The number of hydrogen-bond acceptors (Lipinski definition) is 4. The van der Waals surface area contributed by atoms with Gasteiger partial charge in [-0.2, -0.15) is 11.3 Å². The van der Waals surface area contributed by atoms with E-state index in [4.69, 9.17) is 0 Å². The fourth-order valence-electron chi connectivity index (χ4n) is 2.37. The standard InChI is InChI=1S/C21H15NO3S/c23-21(18-4-2-1-3-5-18)19(9-6-17-12-13-26-15-17)14-16-7-10-20(11-8-16)22(24)25/h1-15H/b9-6+,19-14?. The lowest BCUT2D eigenvalue weighted by Gasteiger charge is -2.03. The zero-order valence-corrected chi connectivity index (χ0v) is 14.6. The number of nitro groups is 1. The van der Waals surface area contributed by atoms with Crippen molar-refractivity contribution in [1.82, 2.24) is 0 Å². The maximum atomic E-state index is 12.9. The van der Waals surface area contributed by atoms with E-state index in [0.29, 0.717) is 11.1 Å². The topological polar surface area (TPSA) is 60.2 Å². The molecule has 0 saturated heterocycles. The van der Waals surface area contributed by atoms with Crippen LogP contribution in [0.1, 0.15) is 21.5 Å². The van der Waals surface area contributed by atoms with E-state index in [1.165, 1.54) is 12.1 Å². The number of rotatable bonds is 6. The lowest BCUT2D eigenvalue weighted by atomic mass is 10.00. The SMILES string of the molecule is O=C(C(=Cc1ccc([N+](=O)[O-])cc1)/C=C/c1ccsc1)c1ccccc1. The number of nitrogens with zero attached hydrogens (tertiary/aromatic N) is 1. The number of benzene rings is 2. The summed E-state index contributed by atoms with van der Waals surface area (Å²) in [5, 5.41) is 14.8. The van der Waals surface area contributed by atoms with Crippen LogP contribution in [0, 0.1) is 10.1 Å². The van der Waals surface area contributed by atoms with Crippen molar-refractivity contribution in [3.8, 4) is 0 Å². The van der Waals surface area contributed by atoms with Gasteiger partial charge in [0.25, 0.3) is 5.69 Å². The molecule has 0 N–H and O–H groups in total. The van der Waals surface area contributed by atoms with Crippen LogP contribution in [0.25, 0.3) is 12.2 Å². The summed E-state index contributed by atoms with van der Waals surface area (Å²) in [5.74, 6) is -0.101. The Bertz CT molecular complexity index is 956. The smallest absolute Gasteiger partial charge is 0.269 e. The molecular weight excluding hydrogens is 346 g/mol. The normalized spacial score (nSPS) is 11.6. The van der Waals surface area contributed by atoms with Gasteiger partial charge in [0.2, 0.25) is 0 Å². The summed E-state index contributed by atoms with van der Waals surface area (Å²) in [7, 11) is 0. The minimum atomic E-state index is -0.444. The van der Waals surface area contributed by atoms with Gasteiger partial charge in [-0.05, 0) is 46.2 Å². The van der Waals surface area contributed by atoms with Crippen LogP contribution in [-0.2, 0) is 0 Å². The summed E-state index contributed by atoms with van der Waals surface area (Å²) >= 11 is 1.58. The first kappa shape index (κ1) is 17.5. The van der Waals surface area contributed by atoms with Gasteiger partial charge in [-0.1, -0.05) is 42.5 Å². The molecule has 0 aliphatic rings. The Hall–Kier alpha value is -3.31. The molecule has 0 fully saturated rings. The Morgan fingerprint density at radius 2 is 1.69 bits per heavy atom. The average Bonchev–Trinajstić information content (AvgIpc) is 3.19. The Labute approximate surface area is 154 Å². The molecule has 128 valence electrons. The zero-order chi connectivity index (χ0) is 18.4. The van der Waals surface area contributed by atoms with Gasteiger partial charge in [-0.25, -0.2) is 0 Å². The van der Waals surface area contributed by atoms with Gasteiger partial charge in [0.1, 0.15) is 0 Å². The third kappa shape index (κ3) is 4.40. The van der Waals surface area contributed by atoms with Crippen molar-refractivity contribution in [2.24, 2.45) is 0 Å². The number of carbonyl (C=O) groups excluding carboxylic acids is 1. The predicted molar refractivity (Wildman–Crippen MR) is 105 cm³/mol. The van der Waals surface area contributed by atoms with Crippen molar-refractivity contribution in [2.45, 2.75) is 0 Å². The molecule has 0 spiro atoms. The van der Waals surface area contributed by atoms with Gasteiger partial charge >= 0.3 is 0 Å². The molecule has 1 heterocycles. The second-order valence-corrected chi connectivity index (χ2v) is 6.31. The molecule has 5 heteroatoms. The number of Topliss-reactive ketones (excluding diaryl/α,β-unsaturated/α-hetero) is 1. The van der Waals surface area contributed by atoms with Crippen molar-refractivity contribution in [3.05, 3.63) is 110 Å². The van der Waals surface area contributed by atoms with Crippen LogP contribution in [-0.4, -0.2) is 10.7 Å². The first-order valence-corrected chi connectivity index (χ1v) is 8.84. The Morgan fingerprint density at radius 3 is 2.31 bits per heavy atom. The van der Waals surface area contributed by atoms with Crippen molar-refractivity contribution >= 4 is 35.0 Å². The van der Waals surface area contributed by atoms with Crippen LogP contribution in [0.2, 0.25) is 0 Å². The van der Waals surface area contributed by atoms with Gasteiger partial charge < -0.3 is 0 Å². The lowest BCUT2D eigenvalue weighted by molar-refractivity contribution is -0.384. The molecule has 3 aromatic rings. The van der Waals surface area contributed by atoms with Gasteiger partial charge in [0, 0.05) is 23.3 Å². The molecule has 0 saturated carbocycles. The van der Waals surface area contributed by atoms with E-state index in [1.807, 2.05) is 41.1 Å². The number of carbonyl (C=O) groups is 1. The molecule has 3 rings (SSSR count). The van der Waals surface area contributed by atoms with Crippen molar-refractivity contribution in [3.63, 3.8) is 0 Å². The molecule has 2 aromatic carbocycles. The molecule has 0 unspecified atom stereocenters. The van der Waals surface area contributed by atoms with Crippen LogP contribution in [0.15, 0.2) is 83.1 Å². The number of non-ortho nitro benzene ring substituents is 1. The van der Waals surface area contributed by atoms with Crippen molar-refractivity contribution < 1.29 is 9.72 Å². The number of nitro benzene ring substituents is 1. The summed E-state index contributed by atoms with van der Waals surface area (Å²) < 4.78 is 0. The average molecular weight is 361 g/mol. The van der Waals surface area contributed by atoms with E-state index in [-0.39, 0.29) is 11.5 Å². The number of hydrogen-bond donors (Lipinski definition) is 0. The van der Waals surface area contributed by atoms with E-state index >= 15 is 0 Å². The third-order valence-electron chi connectivity index (χ3n) is 3.72. The monoisotopic (exact) mass is 361 g/mol. The third-order valence-corrected chi connectivity index (χ3v) is 4.42. The fraction of sp³-hybridized carbons (Fsp3) is 0. The highest BCUT2D eigenvalue weighted by atomic mass is 32.1. The number of thiophene rings is 1. The quantitative estimate of drug-likeness (QED) is 0.188. The maximum absolute atomic E-state index is 12.9. The van der Waals surface area contributed by atoms with Crippen molar-refractivity contribution in [2.75, 3.05) is 0 Å². The Balaban J connectivity index is 1.96. The molecular formula is C21H15NO3S. The molecule has 26 heavy (non-hydrogen) atoms. The Kier molecular flexibility index (Phi) is 5.51. The molecule has 1 aromatic heterocycles.